The Balaban J connectivity index is 1.70. The number of thiazole rings is 1. The number of benzene rings is 2. The van der Waals surface area contributed by atoms with Gasteiger partial charge in [-0.3, -0.25) is 14.5 Å². The predicted octanol–water partition coefficient (Wildman–Crippen LogP) is 4.70. The highest BCUT2D eigenvalue weighted by Crippen LogP contribution is 2.46. The lowest BCUT2D eigenvalue weighted by Gasteiger charge is -2.26. The van der Waals surface area contributed by atoms with Crippen LogP contribution in [0.4, 0.5) is 5.13 Å². The summed E-state index contributed by atoms with van der Waals surface area (Å²) in [4.78, 5) is 32.6. The number of para-hydroxylation sites is 1. The van der Waals surface area contributed by atoms with Crippen LogP contribution in [-0.4, -0.2) is 43.1 Å². The molecule has 1 unspecified atom stereocenters. The van der Waals surface area contributed by atoms with E-state index in [2.05, 4.69) is 4.98 Å². The number of aliphatic hydroxyl groups excluding tert-OH is 1. The lowest BCUT2D eigenvalue weighted by Crippen LogP contribution is -2.31. The number of methoxy groups -OCH3 is 3. The molecule has 0 aliphatic carbocycles. The molecule has 3 heterocycles. The first-order valence-electron chi connectivity index (χ1n) is 10.5. The van der Waals surface area contributed by atoms with Gasteiger partial charge in [0.2, 0.25) is 5.78 Å². The van der Waals surface area contributed by atoms with Crippen molar-refractivity contribution < 1.29 is 33.3 Å². The Morgan fingerprint density at radius 2 is 1.89 bits per heavy atom. The number of hydrogen-bond acceptors (Lipinski definition) is 9. The van der Waals surface area contributed by atoms with Crippen LogP contribution in [0.1, 0.15) is 22.2 Å². The summed E-state index contributed by atoms with van der Waals surface area (Å²) in [6.07, 6.45) is 1.54. The molecule has 178 valence electrons. The Labute approximate surface area is 203 Å². The van der Waals surface area contributed by atoms with Crippen LogP contribution in [0.15, 0.2) is 69.8 Å². The van der Waals surface area contributed by atoms with Gasteiger partial charge in [-0.05, 0) is 30.3 Å². The number of aromatic nitrogens is 1. The van der Waals surface area contributed by atoms with Crippen molar-refractivity contribution in [3.8, 4) is 17.2 Å². The third-order valence-corrected chi connectivity index (χ3v) is 6.53. The number of anilines is 1. The average Bonchev–Trinajstić information content (AvgIpc) is 3.62. The SMILES string of the molecule is COc1ccc(OC)c(C2C(C(=O)c3cc4cccc(OC)c4o3)=C(O)C(=O)N2c2nccs2)c1. The quantitative estimate of drug-likeness (QED) is 0.370. The zero-order valence-corrected chi connectivity index (χ0v) is 19.8. The van der Waals surface area contributed by atoms with Crippen LogP contribution in [-0.2, 0) is 4.79 Å². The number of ketones is 1. The summed E-state index contributed by atoms with van der Waals surface area (Å²) in [5.41, 5.74) is 0.668. The van der Waals surface area contributed by atoms with E-state index in [1.165, 1.54) is 43.8 Å². The van der Waals surface area contributed by atoms with Crippen LogP contribution >= 0.6 is 11.3 Å². The van der Waals surface area contributed by atoms with Gasteiger partial charge in [0.1, 0.15) is 17.5 Å². The van der Waals surface area contributed by atoms with Gasteiger partial charge in [0.05, 0.1) is 26.9 Å². The highest BCUT2D eigenvalue weighted by atomic mass is 32.1. The standard InChI is InChI=1S/C25H20N2O7S/c1-31-14-7-8-16(32-2)15(12-14)20-19(22(29)24(30)27(20)25-26-9-10-35-25)21(28)18-11-13-5-4-6-17(33-3)23(13)34-18/h4-12,20,29H,1-3H3. The van der Waals surface area contributed by atoms with Crippen molar-refractivity contribution in [2.75, 3.05) is 26.2 Å². The number of rotatable bonds is 7. The molecule has 1 N–H and O–H groups in total. The second-order valence-electron chi connectivity index (χ2n) is 7.58. The molecule has 1 aliphatic heterocycles. The van der Waals surface area contributed by atoms with Gasteiger partial charge < -0.3 is 23.7 Å². The lowest BCUT2D eigenvalue weighted by molar-refractivity contribution is -0.117. The Morgan fingerprint density at radius 3 is 2.57 bits per heavy atom. The highest BCUT2D eigenvalue weighted by Gasteiger charge is 2.47. The molecule has 1 amide bonds. The molecular weight excluding hydrogens is 472 g/mol. The fourth-order valence-corrected chi connectivity index (χ4v) is 4.83. The number of nitrogens with zero attached hydrogens (tertiary/aromatic N) is 2. The fourth-order valence-electron chi connectivity index (χ4n) is 4.16. The van der Waals surface area contributed by atoms with Gasteiger partial charge in [-0.15, -0.1) is 11.3 Å². The van der Waals surface area contributed by atoms with E-state index in [4.69, 9.17) is 18.6 Å². The minimum atomic E-state index is -1.04. The summed E-state index contributed by atoms with van der Waals surface area (Å²) in [7, 11) is 4.48. The third-order valence-electron chi connectivity index (χ3n) is 5.76. The summed E-state index contributed by atoms with van der Waals surface area (Å²) in [5, 5.41) is 13.6. The zero-order valence-electron chi connectivity index (χ0n) is 19.0. The van der Waals surface area contributed by atoms with Crippen molar-refractivity contribution in [1.29, 1.82) is 0 Å². The van der Waals surface area contributed by atoms with E-state index in [-0.39, 0.29) is 11.3 Å². The summed E-state index contributed by atoms with van der Waals surface area (Å²) in [6, 6.07) is 10.8. The minimum Gasteiger partial charge on any atom is -0.503 e. The van der Waals surface area contributed by atoms with Crippen molar-refractivity contribution >= 4 is 39.1 Å². The fraction of sp³-hybridized carbons (Fsp3) is 0.160. The molecule has 0 saturated heterocycles. The van der Waals surface area contributed by atoms with Crippen molar-refractivity contribution in [3.05, 3.63) is 76.7 Å². The van der Waals surface area contributed by atoms with Gasteiger partial charge in [-0.2, -0.15) is 0 Å². The summed E-state index contributed by atoms with van der Waals surface area (Å²) >= 11 is 1.20. The van der Waals surface area contributed by atoms with Gasteiger partial charge in [0.15, 0.2) is 28.0 Å². The Kier molecular flexibility index (Phi) is 5.65. The second kappa shape index (κ2) is 8.80. The summed E-state index contributed by atoms with van der Waals surface area (Å²) in [5.74, 6) is -0.804. The third kappa shape index (κ3) is 3.58. The van der Waals surface area contributed by atoms with Gasteiger partial charge in [-0.25, -0.2) is 4.98 Å². The summed E-state index contributed by atoms with van der Waals surface area (Å²) < 4.78 is 22.1. The number of hydrogen-bond donors (Lipinski definition) is 1. The molecule has 0 bridgehead atoms. The number of ether oxygens (including phenoxy) is 3. The largest absolute Gasteiger partial charge is 0.503 e. The number of Topliss-reactive ketones (excluding diaryl/α,β-unsaturated/α-hetero) is 1. The van der Waals surface area contributed by atoms with Crippen LogP contribution in [0.5, 0.6) is 17.2 Å². The topological polar surface area (TPSA) is 111 Å². The Morgan fingerprint density at radius 1 is 1.09 bits per heavy atom. The van der Waals surface area contributed by atoms with E-state index in [1.807, 2.05) is 0 Å². The smallest absolute Gasteiger partial charge is 0.296 e. The molecule has 0 spiro atoms. The molecule has 0 radical (unpaired) electrons. The van der Waals surface area contributed by atoms with Crippen molar-refractivity contribution in [2.24, 2.45) is 0 Å². The van der Waals surface area contributed by atoms with E-state index in [0.29, 0.717) is 38.9 Å². The predicted molar refractivity (Wildman–Crippen MR) is 129 cm³/mol. The van der Waals surface area contributed by atoms with E-state index < -0.39 is 23.5 Å². The molecule has 1 aliphatic rings. The molecule has 2 aromatic heterocycles. The molecule has 35 heavy (non-hydrogen) atoms. The molecule has 4 aromatic rings. The number of carbonyl (C=O) groups is 2. The van der Waals surface area contributed by atoms with Gasteiger partial charge in [-0.1, -0.05) is 12.1 Å². The molecule has 0 saturated carbocycles. The molecule has 10 heteroatoms. The van der Waals surface area contributed by atoms with Crippen molar-refractivity contribution in [2.45, 2.75) is 6.04 Å². The monoisotopic (exact) mass is 492 g/mol. The Bertz CT molecular complexity index is 1470. The van der Waals surface area contributed by atoms with Crippen LogP contribution in [0.25, 0.3) is 11.0 Å². The molecular formula is C25H20N2O7S. The van der Waals surface area contributed by atoms with E-state index in [1.54, 1.807) is 47.8 Å². The number of carbonyl (C=O) groups excluding carboxylic acids is 2. The average molecular weight is 493 g/mol. The number of fused-ring (bicyclic) bond motifs is 1. The van der Waals surface area contributed by atoms with Crippen molar-refractivity contribution in [3.63, 3.8) is 0 Å². The zero-order chi connectivity index (χ0) is 24.7. The van der Waals surface area contributed by atoms with Crippen molar-refractivity contribution in [1.82, 2.24) is 4.98 Å². The first-order valence-corrected chi connectivity index (χ1v) is 11.4. The van der Waals surface area contributed by atoms with Crippen LogP contribution in [0.2, 0.25) is 0 Å². The molecule has 0 fully saturated rings. The molecule has 5 rings (SSSR count). The Hall–Kier alpha value is -4.31. The van der Waals surface area contributed by atoms with Crippen LogP contribution in [0.3, 0.4) is 0 Å². The van der Waals surface area contributed by atoms with E-state index >= 15 is 0 Å². The maximum atomic E-state index is 13.8. The maximum absolute atomic E-state index is 13.8. The number of aliphatic hydroxyl groups is 1. The van der Waals surface area contributed by atoms with E-state index in [0.717, 1.165) is 0 Å². The lowest BCUT2D eigenvalue weighted by atomic mass is 9.94. The van der Waals surface area contributed by atoms with Gasteiger partial charge in [0.25, 0.3) is 5.91 Å². The minimum absolute atomic E-state index is 0.0494. The normalized spacial score (nSPS) is 15.7. The van der Waals surface area contributed by atoms with Gasteiger partial charge in [0, 0.05) is 22.5 Å². The second-order valence-corrected chi connectivity index (χ2v) is 8.45. The van der Waals surface area contributed by atoms with Crippen LogP contribution in [0, 0.1) is 0 Å². The first-order chi connectivity index (χ1) is 17.0. The van der Waals surface area contributed by atoms with Gasteiger partial charge >= 0.3 is 0 Å². The first kappa shape index (κ1) is 22.5. The molecule has 2 aromatic carbocycles. The van der Waals surface area contributed by atoms with E-state index in [9.17, 15) is 14.7 Å². The number of furan rings is 1. The highest BCUT2D eigenvalue weighted by molar-refractivity contribution is 7.13. The number of amides is 1. The maximum Gasteiger partial charge on any atom is 0.296 e. The molecule has 9 nitrogen and oxygen atoms in total. The van der Waals surface area contributed by atoms with Crippen LogP contribution < -0.4 is 19.1 Å². The summed E-state index contributed by atoms with van der Waals surface area (Å²) in [6.45, 7) is 0. The molecule has 1 atom stereocenters.